The van der Waals surface area contributed by atoms with Crippen LogP contribution in [-0.4, -0.2) is 11.0 Å². The first kappa shape index (κ1) is 11.7. The lowest BCUT2D eigenvalue weighted by atomic mass is 10.1. The van der Waals surface area contributed by atoms with Crippen LogP contribution >= 0.6 is 11.3 Å². The maximum Gasteiger partial charge on any atom is 0.126 e. The molecule has 18 heavy (non-hydrogen) atoms. The minimum atomic E-state index is -0.573. The third-order valence-electron chi connectivity index (χ3n) is 2.83. The quantitative estimate of drug-likeness (QED) is 0.918. The van der Waals surface area contributed by atoms with E-state index < -0.39 is 11.6 Å². The van der Waals surface area contributed by atoms with Gasteiger partial charge in [-0.05, 0) is 25.0 Å². The molecular weight excluding hydrogens is 254 g/mol. The first-order valence-electron chi connectivity index (χ1n) is 5.85. The van der Waals surface area contributed by atoms with Gasteiger partial charge in [-0.2, -0.15) is 0 Å². The van der Waals surface area contributed by atoms with Crippen molar-refractivity contribution in [2.45, 2.75) is 25.4 Å². The van der Waals surface area contributed by atoms with Crippen molar-refractivity contribution < 1.29 is 8.78 Å². The molecule has 1 aromatic heterocycles. The van der Waals surface area contributed by atoms with E-state index in [2.05, 4.69) is 10.3 Å². The van der Waals surface area contributed by atoms with E-state index in [1.54, 1.807) is 0 Å². The molecule has 2 aromatic rings. The van der Waals surface area contributed by atoms with Crippen molar-refractivity contribution in [3.63, 3.8) is 0 Å². The highest BCUT2D eigenvalue weighted by Crippen LogP contribution is 2.25. The maximum atomic E-state index is 13.1. The highest BCUT2D eigenvalue weighted by molar-refractivity contribution is 7.09. The third kappa shape index (κ3) is 2.73. The average Bonchev–Trinajstić information content (AvgIpc) is 3.02. The standard InChI is InChI=1S/C13H12F2N2S/c14-9-3-8(4-10(15)5-9)12-7-18-13(17-12)6-16-11-1-2-11/h3-5,7,11,16H,1-2,6H2. The van der Waals surface area contributed by atoms with E-state index in [0.29, 0.717) is 17.3 Å². The second kappa shape index (κ2) is 4.74. The molecule has 0 amide bonds. The molecule has 1 aromatic carbocycles. The van der Waals surface area contributed by atoms with Gasteiger partial charge in [-0.1, -0.05) is 0 Å². The van der Waals surface area contributed by atoms with Crippen LogP contribution in [0.1, 0.15) is 17.8 Å². The monoisotopic (exact) mass is 266 g/mol. The molecule has 0 saturated heterocycles. The first-order chi connectivity index (χ1) is 8.70. The van der Waals surface area contributed by atoms with Crippen LogP contribution in [0.25, 0.3) is 11.3 Å². The number of thiazole rings is 1. The maximum absolute atomic E-state index is 13.1. The van der Waals surface area contributed by atoms with Crippen LogP contribution in [0.5, 0.6) is 0 Å². The van der Waals surface area contributed by atoms with Crippen LogP contribution in [0.4, 0.5) is 8.78 Å². The molecule has 1 heterocycles. The SMILES string of the molecule is Fc1cc(F)cc(-c2csc(CNC3CC3)n2)c1. The van der Waals surface area contributed by atoms with E-state index in [-0.39, 0.29) is 0 Å². The lowest BCUT2D eigenvalue weighted by Gasteiger charge is -1.99. The zero-order valence-corrected chi connectivity index (χ0v) is 10.4. The summed E-state index contributed by atoms with van der Waals surface area (Å²) < 4.78 is 26.2. The fraction of sp³-hybridized carbons (Fsp3) is 0.308. The Morgan fingerprint density at radius 1 is 1.22 bits per heavy atom. The molecule has 94 valence electrons. The van der Waals surface area contributed by atoms with E-state index in [4.69, 9.17) is 0 Å². The number of hydrogen-bond acceptors (Lipinski definition) is 3. The Bertz CT molecular complexity index is 544. The normalized spacial score (nSPS) is 15.0. The van der Waals surface area contributed by atoms with Gasteiger partial charge in [-0.3, -0.25) is 0 Å². The number of nitrogens with zero attached hydrogens (tertiary/aromatic N) is 1. The number of rotatable bonds is 4. The van der Waals surface area contributed by atoms with Crippen LogP contribution in [-0.2, 0) is 6.54 Å². The topological polar surface area (TPSA) is 24.9 Å². The summed E-state index contributed by atoms with van der Waals surface area (Å²) in [6.45, 7) is 0.729. The van der Waals surface area contributed by atoms with Gasteiger partial charge in [0.2, 0.25) is 0 Å². The Balaban J connectivity index is 1.78. The summed E-state index contributed by atoms with van der Waals surface area (Å²) in [7, 11) is 0. The van der Waals surface area contributed by atoms with Crippen molar-refractivity contribution >= 4 is 11.3 Å². The minimum Gasteiger partial charge on any atom is -0.308 e. The highest BCUT2D eigenvalue weighted by Gasteiger charge is 2.20. The molecule has 5 heteroatoms. The van der Waals surface area contributed by atoms with Gasteiger partial charge in [0.05, 0.1) is 5.69 Å². The zero-order chi connectivity index (χ0) is 12.5. The molecule has 0 aliphatic heterocycles. The molecule has 1 aliphatic rings. The largest absolute Gasteiger partial charge is 0.308 e. The van der Waals surface area contributed by atoms with Gasteiger partial charge < -0.3 is 5.32 Å². The molecular formula is C13H12F2N2S. The van der Waals surface area contributed by atoms with E-state index >= 15 is 0 Å². The summed E-state index contributed by atoms with van der Waals surface area (Å²) >= 11 is 1.51. The summed E-state index contributed by atoms with van der Waals surface area (Å²) in [5.41, 5.74) is 1.12. The van der Waals surface area contributed by atoms with Gasteiger partial charge in [0, 0.05) is 29.6 Å². The number of hydrogen-bond donors (Lipinski definition) is 1. The van der Waals surface area contributed by atoms with Crippen molar-refractivity contribution in [3.8, 4) is 11.3 Å². The average molecular weight is 266 g/mol. The van der Waals surface area contributed by atoms with E-state index in [1.165, 1.54) is 36.3 Å². The Morgan fingerprint density at radius 3 is 2.61 bits per heavy atom. The smallest absolute Gasteiger partial charge is 0.126 e. The number of halogens is 2. The first-order valence-corrected chi connectivity index (χ1v) is 6.73. The fourth-order valence-electron chi connectivity index (χ4n) is 1.75. The van der Waals surface area contributed by atoms with Gasteiger partial charge in [0.15, 0.2) is 0 Å². The molecule has 0 spiro atoms. The van der Waals surface area contributed by atoms with Gasteiger partial charge in [-0.15, -0.1) is 11.3 Å². The molecule has 0 bridgehead atoms. The number of nitrogens with one attached hydrogen (secondary N) is 1. The molecule has 0 unspecified atom stereocenters. The fourth-order valence-corrected chi connectivity index (χ4v) is 2.50. The zero-order valence-electron chi connectivity index (χ0n) is 9.62. The van der Waals surface area contributed by atoms with Gasteiger partial charge in [-0.25, -0.2) is 13.8 Å². The van der Waals surface area contributed by atoms with E-state index in [9.17, 15) is 8.78 Å². The number of benzene rings is 1. The Hall–Kier alpha value is -1.33. The Labute approximate surface area is 108 Å². The summed E-state index contributed by atoms with van der Waals surface area (Å²) in [6.07, 6.45) is 2.46. The predicted molar refractivity (Wildman–Crippen MR) is 67.3 cm³/mol. The number of aromatic nitrogens is 1. The lowest BCUT2D eigenvalue weighted by molar-refractivity contribution is 0.584. The minimum absolute atomic E-state index is 0.487. The van der Waals surface area contributed by atoms with Crippen LogP contribution in [0, 0.1) is 11.6 Å². The molecule has 1 saturated carbocycles. The predicted octanol–water partition coefficient (Wildman–Crippen LogP) is 3.34. The van der Waals surface area contributed by atoms with Crippen LogP contribution < -0.4 is 5.32 Å². The van der Waals surface area contributed by atoms with Gasteiger partial charge >= 0.3 is 0 Å². The van der Waals surface area contributed by atoms with Crippen LogP contribution in [0.3, 0.4) is 0 Å². The van der Waals surface area contributed by atoms with Crippen molar-refractivity contribution in [1.29, 1.82) is 0 Å². The Kier molecular flexibility index (Phi) is 3.09. The van der Waals surface area contributed by atoms with E-state index in [0.717, 1.165) is 17.6 Å². The van der Waals surface area contributed by atoms with Crippen molar-refractivity contribution in [2.24, 2.45) is 0 Å². The summed E-state index contributed by atoms with van der Waals surface area (Å²) in [5.74, 6) is -1.15. The molecule has 3 rings (SSSR count). The second-order valence-corrected chi connectivity index (χ2v) is 5.38. The van der Waals surface area contributed by atoms with Gasteiger partial charge in [0.25, 0.3) is 0 Å². The summed E-state index contributed by atoms with van der Waals surface area (Å²) in [5, 5.41) is 6.14. The van der Waals surface area contributed by atoms with Crippen molar-refractivity contribution in [3.05, 3.63) is 40.2 Å². The molecule has 0 atom stereocenters. The van der Waals surface area contributed by atoms with Crippen LogP contribution in [0.2, 0.25) is 0 Å². The lowest BCUT2D eigenvalue weighted by Crippen LogP contribution is -2.14. The molecule has 0 radical (unpaired) electrons. The van der Waals surface area contributed by atoms with E-state index in [1.807, 2.05) is 5.38 Å². The molecule has 1 fully saturated rings. The summed E-state index contributed by atoms with van der Waals surface area (Å²) in [4.78, 5) is 4.39. The Morgan fingerprint density at radius 2 is 1.94 bits per heavy atom. The molecule has 1 aliphatic carbocycles. The second-order valence-electron chi connectivity index (χ2n) is 4.44. The summed E-state index contributed by atoms with van der Waals surface area (Å²) in [6, 6.07) is 4.10. The molecule has 2 nitrogen and oxygen atoms in total. The molecule has 1 N–H and O–H groups in total. The van der Waals surface area contributed by atoms with Crippen molar-refractivity contribution in [1.82, 2.24) is 10.3 Å². The van der Waals surface area contributed by atoms with Crippen molar-refractivity contribution in [2.75, 3.05) is 0 Å². The third-order valence-corrected chi connectivity index (χ3v) is 3.68. The highest BCUT2D eigenvalue weighted by atomic mass is 32.1. The van der Waals surface area contributed by atoms with Crippen LogP contribution in [0.15, 0.2) is 23.6 Å². The van der Waals surface area contributed by atoms with Gasteiger partial charge in [0.1, 0.15) is 16.6 Å².